The molecule has 2 N–H and O–H groups in total. The molecule has 44 heavy (non-hydrogen) atoms. The van der Waals surface area contributed by atoms with Crippen molar-refractivity contribution >= 4 is 17.2 Å². The number of rotatable bonds is 9. The van der Waals surface area contributed by atoms with E-state index in [1.807, 2.05) is 19.0 Å². The zero-order chi connectivity index (χ0) is 31.5. The van der Waals surface area contributed by atoms with Gasteiger partial charge in [0.2, 0.25) is 5.88 Å². The first-order chi connectivity index (χ1) is 21.1. The second-order valence-corrected chi connectivity index (χ2v) is 9.90. The summed E-state index contributed by atoms with van der Waals surface area (Å²) in [4.78, 5) is 46.4. The Morgan fingerprint density at radius 3 is 2.25 bits per heavy atom. The molecule has 0 saturated carbocycles. The predicted octanol–water partition coefficient (Wildman–Crippen LogP) is 2.79. The van der Waals surface area contributed by atoms with Crippen LogP contribution in [0.15, 0.2) is 70.4 Å². The molecule has 0 saturated heterocycles. The molecule has 5 rings (SSSR count). The van der Waals surface area contributed by atoms with Crippen LogP contribution in [0.1, 0.15) is 11.1 Å². The molecule has 0 radical (unpaired) electrons. The van der Waals surface area contributed by atoms with E-state index in [1.165, 1.54) is 36.9 Å². The Balaban J connectivity index is 1.79. The van der Waals surface area contributed by atoms with Gasteiger partial charge in [0.05, 0.1) is 20.8 Å². The van der Waals surface area contributed by atoms with E-state index in [2.05, 4.69) is 25.8 Å². The van der Waals surface area contributed by atoms with Gasteiger partial charge in [-0.05, 0) is 50.0 Å². The quantitative estimate of drug-likeness (QED) is 0.245. The molecule has 5 aromatic rings. The third-order valence-corrected chi connectivity index (χ3v) is 6.73. The van der Waals surface area contributed by atoms with E-state index >= 15 is 0 Å². The zero-order valence-electron chi connectivity index (χ0n) is 24.2. The number of nitrogens with zero attached hydrogens (tertiary/aromatic N) is 6. The van der Waals surface area contributed by atoms with Gasteiger partial charge < -0.3 is 15.0 Å². The number of amides is 2. The van der Waals surface area contributed by atoms with Crippen LogP contribution in [0.25, 0.3) is 22.5 Å². The van der Waals surface area contributed by atoms with Crippen molar-refractivity contribution in [2.75, 3.05) is 33.6 Å². The second-order valence-electron chi connectivity index (χ2n) is 9.90. The summed E-state index contributed by atoms with van der Waals surface area (Å²) in [6.07, 6.45) is 1.57. The molecular formula is C29H28F2N8O5. The van der Waals surface area contributed by atoms with Crippen LogP contribution in [-0.2, 0) is 17.9 Å². The van der Waals surface area contributed by atoms with Crippen molar-refractivity contribution in [1.82, 2.24) is 34.3 Å². The summed E-state index contributed by atoms with van der Waals surface area (Å²) in [5, 5.41) is 10.5. The normalized spacial score (nSPS) is 11.2. The maximum Gasteiger partial charge on any atom is 0.352 e. The summed E-state index contributed by atoms with van der Waals surface area (Å²) in [5.74, 6) is -1.65. The number of methoxy groups -OCH3 is 1. The van der Waals surface area contributed by atoms with Crippen LogP contribution in [0.2, 0.25) is 0 Å². The minimum absolute atomic E-state index is 0.0874. The van der Waals surface area contributed by atoms with Gasteiger partial charge in [-0.1, -0.05) is 18.2 Å². The number of halogens is 2. The number of anilines is 1. The van der Waals surface area contributed by atoms with Crippen LogP contribution in [0.5, 0.6) is 5.88 Å². The molecule has 0 spiro atoms. The van der Waals surface area contributed by atoms with Gasteiger partial charge in [0.15, 0.2) is 5.82 Å². The summed E-state index contributed by atoms with van der Waals surface area (Å²) >= 11 is 0. The third kappa shape index (κ3) is 5.77. The Morgan fingerprint density at radius 1 is 0.955 bits per heavy atom. The Morgan fingerprint density at radius 2 is 1.66 bits per heavy atom. The Kier molecular flexibility index (Phi) is 8.50. The fourth-order valence-electron chi connectivity index (χ4n) is 4.78. The first kappa shape index (κ1) is 30.1. The van der Waals surface area contributed by atoms with Crippen molar-refractivity contribution in [3.05, 3.63) is 104 Å². The van der Waals surface area contributed by atoms with Crippen LogP contribution in [0, 0.1) is 11.6 Å². The smallest absolute Gasteiger partial charge is 0.352 e. The number of carbonyl (C=O) groups excluding carboxylic acids is 1. The Labute approximate surface area is 248 Å². The largest absolute Gasteiger partial charge is 0.480 e. The van der Waals surface area contributed by atoms with Gasteiger partial charge >= 0.3 is 11.7 Å². The van der Waals surface area contributed by atoms with Crippen LogP contribution >= 0.6 is 0 Å². The molecule has 0 fully saturated rings. The molecule has 0 aliphatic rings. The molecule has 0 aliphatic carbocycles. The van der Waals surface area contributed by atoms with Gasteiger partial charge in [0.25, 0.3) is 5.56 Å². The minimum atomic E-state index is -0.897. The lowest BCUT2D eigenvalue weighted by atomic mass is 10.0. The lowest BCUT2D eigenvalue weighted by molar-refractivity contribution is 0.114. The van der Waals surface area contributed by atoms with E-state index in [-0.39, 0.29) is 29.3 Å². The molecule has 3 heterocycles. The van der Waals surface area contributed by atoms with E-state index in [4.69, 9.17) is 4.74 Å². The lowest BCUT2D eigenvalue weighted by Gasteiger charge is -2.15. The molecule has 228 valence electrons. The van der Waals surface area contributed by atoms with Crippen LogP contribution in [-0.4, -0.2) is 63.2 Å². The van der Waals surface area contributed by atoms with Crippen molar-refractivity contribution in [2.24, 2.45) is 0 Å². The highest BCUT2D eigenvalue weighted by atomic mass is 19.1. The number of ether oxygens (including phenoxy) is 1. The molecule has 15 heteroatoms. The lowest BCUT2D eigenvalue weighted by Crippen LogP contribution is -2.43. The topological polar surface area (TPSA) is 137 Å². The van der Waals surface area contributed by atoms with Crippen molar-refractivity contribution in [2.45, 2.75) is 13.1 Å². The SMILES string of the molecule is CONC(=O)Nc1ccc(-c2cn3c(c2CN(C)C)c(=O)n(-c2ccc(OC)nn2)c(=O)n3Cc2c(F)cccc2F)cc1. The number of hydrogen-bond acceptors (Lipinski definition) is 8. The summed E-state index contributed by atoms with van der Waals surface area (Å²) in [6.45, 7) is -0.275. The van der Waals surface area contributed by atoms with E-state index in [0.29, 0.717) is 22.4 Å². The number of fused-ring (bicyclic) bond motifs is 1. The number of hydroxylamine groups is 1. The highest BCUT2D eigenvalue weighted by Crippen LogP contribution is 2.30. The molecule has 0 unspecified atom stereocenters. The molecule has 2 aromatic carbocycles. The number of nitrogens with one attached hydrogen (secondary N) is 2. The average molecular weight is 607 g/mol. The number of hydrogen-bond donors (Lipinski definition) is 2. The van der Waals surface area contributed by atoms with Crippen molar-refractivity contribution in [3.63, 3.8) is 0 Å². The molecule has 0 aliphatic heterocycles. The zero-order valence-corrected chi connectivity index (χ0v) is 24.2. The number of aromatic nitrogens is 5. The van der Waals surface area contributed by atoms with E-state index < -0.39 is 35.5 Å². The molecule has 0 bridgehead atoms. The second kappa shape index (κ2) is 12.4. The van der Waals surface area contributed by atoms with E-state index in [1.54, 1.807) is 30.5 Å². The molecule has 13 nitrogen and oxygen atoms in total. The van der Waals surface area contributed by atoms with Gasteiger partial charge in [-0.25, -0.2) is 33.1 Å². The number of carbonyl (C=O) groups is 1. The number of benzene rings is 2. The summed E-state index contributed by atoms with van der Waals surface area (Å²) in [6, 6.07) is 12.4. The fraction of sp³-hybridized carbons (Fsp3) is 0.207. The van der Waals surface area contributed by atoms with Crippen molar-refractivity contribution in [3.8, 4) is 22.8 Å². The van der Waals surface area contributed by atoms with E-state index in [0.717, 1.165) is 21.4 Å². The van der Waals surface area contributed by atoms with Crippen LogP contribution in [0.4, 0.5) is 19.3 Å². The Hall–Kier alpha value is -5.41. The molecule has 0 atom stereocenters. The first-order valence-electron chi connectivity index (χ1n) is 13.2. The predicted molar refractivity (Wildman–Crippen MR) is 157 cm³/mol. The standard InChI is InChI=1S/C29H28F2N8O5/c1-36(2)14-20-19(17-8-10-18(11-9-17)32-28(41)35-44-4)15-37-26(20)27(40)39(24-12-13-25(43-3)34-33-24)29(42)38(37)16-21-22(30)6-5-7-23(21)31/h5-13,15H,14,16H2,1-4H3,(H2,32,35,41). The van der Waals surface area contributed by atoms with E-state index in [9.17, 15) is 23.2 Å². The highest BCUT2D eigenvalue weighted by molar-refractivity contribution is 5.89. The molecular weight excluding hydrogens is 578 g/mol. The highest BCUT2D eigenvalue weighted by Gasteiger charge is 2.24. The van der Waals surface area contributed by atoms with Crippen molar-refractivity contribution in [1.29, 1.82) is 0 Å². The maximum absolute atomic E-state index is 14.8. The van der Waals surface area contributed by atoms with Crippen molar-refractivity contribution < 1.29 is 23.1 Å². The summed E-state index contributed by atoms with van der Waals surface area (Å²) < 4.78 is 37.9. The summed E-state index contributed by atoms with van der Waals surface area (Å²) in [5.41, 5.74) is 2.50. The Bertz CT molecular complexity index is 1930. The fourth-order valence-corrected chi connectivity index (χ4v) is 4.78. The van der Waals surface area contributed by atoms with Gasteiger partial charge in [0.1, 0.15) is 17.2 Å². The van der Waals surface area contributed by atoms with Gasteiger partial charge in [0, 0.05) is 41.2 Å². The number of urea groups is 1. The maximum atomic E-state index is 14.8. The molecule has 2 amide bonds. The third-order valence-electron chi connectivity index (χ3n) is 6.73. The molecule has 3 aromatic heterocycles. The van der Waals surface area contributed by atoms with Gasteiger partial charge in [-0.2, -0.15) is 0 Å². The first-order valence-corrected chi connectivity index (χ1v) is 13.2. The monoisotopic (exact) mass is 606 g/mol. The van der Waals surface area contributed by atoms with Gasteiger partial charge in [-0.15, -0.1) is 10.2 Å². The average Bonchev–Trinajstić information content (AvgIpc) is 3.36. The minimum Gasteiger partial charge on any atom is -0.480 e. The van der Waals surface area contributed by atoms with Crippen LogP contribution < -0.4 is 26.8 Å². The van der Waals surface area contributed by atoms with Crippen LogP contribution in [0.3, 0.4) is 0 Å². The summed E-state index contributed by atoms with van der Waals surface area (Å²) in [7, 11) is 6.33. The van der Waals surface area contributed by atoms with Gasteiger partial charge in [-0.3, -0.25) is 14.1 Å².